The molecule has 0 aliphatic heterocycles. The first-order valence-corrected chi connectivity index (χ1v) is 4.90. The molecule has 0 saturated heterocycles. The maximum Gasteiger partial charge on any atom is 0.0502 e. The van der Waals surface area contributed by atoms with Crippen molar-refractivity contribution in [2.75, 3.05) is 0 Å². The Bertz CT molecular complexity index is 97.0. The van der Waals surface area contributed by atoms with E-state index in [2.05, 4.69) is 27.7 Å². The zero-order valence-electron chi connectivity index (χ0n) is 8.15. The summed E-state index contributed by atoms with van der Waals surface area (Å²) in [6.07, 6.45) is 3.58. The van der Waals surface area contributed by atoms with Gasteiger partial charge in [0.05, 0.1) is 5.88 Å². The Morgan fingerprint density at radius 1 is 1.45 bits per heavy atom. The maximum atomic E-state index is 5.58. The van der Waals surface area contributed by atoms with Gasteiger partial charge in [0.25, 0.3) is 0 Å². The second-order valence-corrected chi connectivity index (χ2v) is 4.34. The molecule has 67 valence electrons. The molecule has 0 rings (SSSR count). The van der Waals surface area contributed by atoms with Gasteiger partial charge in [-0.1, -0.05) is 34.1 Å². The molecule has 0 aliphatic carbocycles. The average Bonchev–Trinajstić information content (AvgIpc) is 1.88. The summed E-state index contributed by atoms with van der Waals surface area (Å²) in [5, 5.41) is 0. The Morgan fingerprint density at radius 2 is 2.00 bits per heavy atom. The van der Waals surface area contributed by atoms with Crippen LogP contribution < -0.4 is 0 Å². The van der Waals surface area contributed by atoms with Crippen LogP contribution in [0.2, 0.25) is 0 Å². The van der Waals surface area contributed by atoms with Crippen LogP contribution in [0.25, 0.3) is 0 Å². The van der Waals surface area contributed by atoms with E-state index in [4.69, 9.17) is 11.6 Å². The van der Waals surface area contributed by atoms with Crippen molar-refractivity contribution in [1.29, 1.82) is 0 Å². The normalized spacial score (nSPS) is 15.0. The third-order valence-corrected chi connectivity index (χ3v) is 2.85. The topological polar surface area (TPSA) is 0 Å². The maximum absolute atomic E-state index is 5.58. The molecule has 0 saturated carbocycles. The molecule has 0 aliphatic rings. The third-order valence-electron chi connectivity index (χ3n) is 2.67. The van der Waals surface area contributed by atoms with Crippen LogP contribution in [0.5, 0.6) is 0 Å². The molecule has 0 aromatic heterocycles. The highest BCUT2D eigenvalue weighted by Gasteiger charge is 2.23. The second-order valence-electron chi connectivity index (χ2n) is 4.03. The van der Waals surface area contributed by atoms with Crippen LogP contribution in [0.15, 0.2) is 0 Å². The summed E-state index contributed by atoms with van der Waals surface area (Å²) < 4.78 is 0. The predicted molar refractivity (Wildman–Crippen MR) is 52.6 cm³/mol. The molecule has 0 spiro atoms. The van der Waals surface area contributed by atoms with E-state index in [0.717, 1.165) is 6.42 Å². The van der Waals surface area contributed by atoms with Gasteiger partial charge in [-0.15, -0.1) is 11.6 Å². The summed E-state index contributed by atoms with van der Waals surface area (Å²) >= 11 is 5.58. The van der Waals surface area contributed by atoms with Crippen LogP contribution in [-0.4, -0.2) is 0 Å². The van der Waals surface area contributed by atoms with Crippen molar-refractivity contribution in [2.24, 2.45) is 11.3 Å². The Labute approximate surface area is 76.3 Å². The Hall–Kier alpha value is 0.290. The van der Waals surface area contributed by atoms with Crippen LogP contribution >= 0.6 is 11.6 Å². The van der Waals surface area contributed by atoms with E-state index in [1.165, 1.54) is 12.8 Å². The first kappa shape index (κ1) is 11.3. The molecular formula is C10H20Cl. The first-order valence-electron chi connectivity index (χ1n) is 4.46. The minimum Gasteiger partial charge on any atom is -0.121 e. The van der Waals surface area contributed by atoms with E-state index in [9.17, 15) is 0 Å². The zero-order valence-corrected chi connectivity index (χ0v) is 8.91. The number of rotatable bonds is 5. The van der Waals surface area contributed by atoms with Crippen LogP contribution in [0.3, 0.4) is 0 Å². The van der Waals surface area contributed by atoms with E-state index in [-0.39, 0.29) is 0 Å². The first-order chi connectivity index (χ1) is 5.04. The minimum absolute atomic E-state index is 0.445. The fourth-order valence-corrected chi connectivity index (χ4v) is 1.61. The van der Waals surface area contributed by atoms with Crippen molar-refractivity contribution in [1.82, 2.24) is 0 Å². The molecule has 0 N–H and O–H groups in total. The van der Waals surface area contributed by atoms with Crippen LogP contribution in [-0.2, 0) is 0 Å². The molecule has 0 bridgehead atoms. The van der Waals surface area contributed by atoms with Gasteiger partial charge in [0, 0.05) is 0 Å². The van der Waals surface area contributed by atoms with Gasteiger partial charge < -0.3 is 0 Å². The van der Waals surface area contributed by atoms with Crippen molar-refractivity contribution < 1.29 is 0 Å². The lowest BCUT2D eigenvalue weighted by Gasteiger charge is -2.31. The molecule has 1 atom stereocenters. The molecule has 1 heteroatoms. The van der Waals surface area contributed by atoms with Gasteiger partial charge in [-0.3, -0.25) is 0 Å². The number of hydrogen-bond donors (Lipinski definition) is 0. The van der Waals surface area contributed by atoms with Crippen molar-refractivity contribution in [3.8, 4) is 0 Å². The number of hydrogen-bond acceptors (Lipinski definition) is 0. The van der Waals surface area contributed by atoms with Crippen LogP contribution in [0.4, 0.5) is 0 Å². The smallest absolute Gasteiger partial charge is 0.0502 e. The summed E-state index contributed by atoms with van der Waals surface area (Å²) in [7, 11) is 0. The summed E-state index contributed by atoms with van der Waals surface area (Å²) in [4.78, 5) is 0. The third kappa shape index (κ3) is 4.00. The molecule has 0 amide bonds. The Balaban J connectivity index is 3.83. The molecule has 0 aromatic rings. The SMILES string of the molecule is CCCC(C)(C)C(C)C[CH]Cl. The van der Waals surface area contributed by atoms with Crippen molar-refractivity contribution in [3.05, 3.63) is 5.88 Å². The van der Waals surface area contributed by atoms with Crippen molar-refractivity contribution in [3.63, 3.8) is 0 Å². The molecule has 0 nitrogen and oxygen atoms in total. The molecular weight excluding hydrogens is 156 g/mol. The van der Waals surface area contributed by atoms with E-state index >= 15 is 0 Å². The lowest BCUT2D eigenvalue weighted by atomic mass is 9.75. The monoisotopic (exact) mass is 175 g/mol. The summed E-state index contributed by atoms with van der Waals surface area (Å²) in [6.45, 7) is 9.15. The van der Waals surface area contributed by atoms with Gasteiger partial charge in [0.15, 0.2) is 0 Å². The van der Waals surface area contributed by atoms with Gasteiger partial charge in [0.2, 0.25) is 0 Å². The minimum atomic E-state index is 0.445. The standard InChI is InChI=1S/C10H20Cl/c1-5-7-10(3,4)9(2)6-8-11/h8-9H,5-7H2,1-4H3. The predicted octanol–water partition coefficient (Wildman–Crippen LogP) is 4.24. The average molecular weight is 176 g/mol. The summed E-state index contributed by atoms with van der Waals surface area (Å²) in [5.74, 6) is 2.45. The molecule has 1 unspecified atom stereocenters. The Morgan fingerprint density at radius 3 is 2.36 bits per heavy atom. The van der Waals surface area contributed by atoms with Crippen LogP contribution in [0.1, 0.15) is 47.0 Å². The Kier molecular flexibility index (Phi) is 5.16. The molecule has 1 radical (unpaired) electrons. The van der Waals surface area contributed by atoms with E-state index in [1.54, 1.807) is 5.88 Å². The van der Waals surface area contributed by atoms with Gasteiger partial charge in [-0.25, -0.2) is 0 Å². The van der Waals surface area contributed by atoms with Crippen molar-refractivity contribution in [2.45, 2.75) is 47.0 Å². The van der Waals surface area contributed by atoms with Gasteiger partial charge in [-0.05, 0) is 24.2 Å². The van der Waals surface area contributed by atoms with Gasteiger partial charge in [-0.2, -0.15) is 0 Å². The second kappa shape index (κ2) is 5.03. The van der Waals surface area contributed by atoms with E-state index in [0.29, 0.717) is 11.3 Å². The fraction of sp³-hybridized carbons (Fsp3) is 0.900. The van der Waals surface area contributed by atoms with Crippen molar-refractivity contribution >= 4 is 11.6 Å². The fourth-order valence-electron chi connectivity index (χ4n) is 1.34. The highest BCUT2D eigenvalue weighted by atomic mass is 35.5. The largest absolute Gasteiger partial charge is 0.121 e. The molecule has 0 heterocycles. The lowest BCUT2D eigenvalue weighted by Crippen LogP contribution is -2.20. The van der Waals surface area contributed by atoms with Crippen LogP contribution in [0, 0.1) is 17.2 Å². The van der Waals surface area contributed by atoms with Gasteiger partial charge >= 0.3 is 0 Å². The van der Waals surface area contributed by atoms with E-state index < -0.39 is 0 Å². The lowest BCUT2D eigenvalue weighted by molar-refractivity contribution is 0.209. The van der Waals surface area contributed by atoms with Gasteiger partial charge in [0.1, 0.15) is 0 Å². The number of halogens is 1. The summed E-state index contributed by atoms with van der Waals surface area (Å²) in [6, 6.07) is 0. The van der Waals surface area contributed by atoms with E-state index in [1.807, 2.05) is 0 Å². The molecule has 0 fully saturated rings. The highest BCUT2D eigenvalue weighted by molar-refractivity contribution is 6.23. The zero-order chi connectivity index (χ0) is 8.91. The highest BCUT2D eigenvalue weighted by Crippen LogP contribution is 2.34. The summed E-state index contributed by atoms with van der Waals surface area (Å²) in [5.41, 5.74) is 0.445. The molecule has 0 aromatic carbocycles. The molecule has 11 heavy (non-hydrogen) atoms. The quantitative estimate of drug-likeness (QED) is 0.587.